The Morgan fingerprint density at radius 3 is 2.35 bits per heavy atom. The van der Waals surface area contributed by atoms with Crippen molar-refractivity contribution in [3.63, 3.8) is 0 Å². The Labute approximate surface area is 158 Å². The van der Waals surface area contributed by atoms with Gasteiger partial charge < -0.3 is 16.0 Å². The van der Waals surface area contributed by atoms with Gasteiger partial charge in [-0.05, 0) is 46.1 Å². The molecule has 0 spiro atoms. The Morgan fingerprint density at radius 1 is 1.13 bits per heavy atom. The zero-order valence-electron chi connectivity index (χ0n) is 15.1. The van der Waals surface area contributed by atoms with Gasteiger partial charge in [-0.1, -0.05) is 30.3 Å². The van der Waals surface area contributed by atoms with Crippen molar-refractivity contribution in [2.24, 2.45) is 4.99 Å². The van der Waals surface area contributed by atoms with Crippen LogP contribution in [0, 0.1) is 0 Å². The molecule has 0 aliphatic rings. The number of nitrogens with zero attached hydrogens (tertiary/aromatic N) is 1. The first-order valence-corrected chi connectivity index (χ1v) is 8.17. The number of guanidine groups is 1. The molecule has 0 saturated carbocycles. The number of aliphatic imine (C=N–C) groups is 1. The van der Waals surface area contributed by atoms with Crippen molar-refractivity contribution in [1.29, 1.82) is 0 Å². The molecule has 132 valence electrons. The maximum absolute atomic E-state index is 4.28. The summed E-state index contributed by atoms with van der Waals surface area (Å²) in [5.74, 6) is 0.872. The average Bonchev–Trinajstić information content (AvgIpc) is 2.48. The van der Waals surface area contributed by atoms with Gasteiger partial charge in [0.15, 0.2) is 5.96 Å². The molecule has 0 saturated heterocycles. The summed E-state index contributed by atoms with van der Waals surface area (Å²) in [5.41, 5.74) is 1.54. The molecule has 5 heteroatoms. The fraction of sp³-hybridized carbons (Fsp3) is 0.611. The minimum atomic E-state index is 0. The van der Waals surface area contributed by atoms with E-state index in [4.69, 9.17) is 0 Å². The van der Waals surface area contributed by atoms with Crippen LogP contribution in [0.1, 0.15) is 39.7 Å². The highest BCUT2D eigenvalue weighted by Crippen LogP contribution is 2.04. The van der Waals surface area contributed by atoms with Crippen LogP contribution in [0.25, 0.3) is 0 Å². The fourth-order valence-corrected chi connectivity index (χ4v) is 2.15. The fourth-order valence-electron chi connectivity index (χ4n) is 2.15. The van der Waals surface area contributed by atoms with E-state index < -0.39 is 0 Å². The predicted octanol–water partition coefficient (Wildman–Crippen LogP) is 3.18. The van der Waals surface area contributed by atoms with Crippen molar-refractivity contribution >= 4 is 29.9 Å². The zero-order valence-corrected chi connectivity index (χ0v) is 17.5. The van der Waals surface area contributed by atoms with Gasteiger partial charge in [-0.3, -0.25) is 4.99 Å². The molecule has 1 aromatic rings. The Balaban J connectivity index is 0.00000484. The molecule has 0 amide bonds. The van der Waals surface area contributed by atoms with Crippen LogP contribution in [0.4, 0.5) is 0 Å². The number of halogens is 1. The summed E-state index contributed by atoms with van der Waals surface area (Å²) in [4.78, 5) is 4.28. The van der Waals surface area contributed by atoms with E-state index in [9.17, 15) is 0 Å². The van der Waals surface area contributed by atoms with Crippen molar-refractivity contribution in [1.82, 2.24) is 16.0 Å². The molecule has 0 aliphatic carbocycles. The van der Waals surface area contributed by atoms with E-state index in [0.717, 1.165) is 31.9 Å². The molecule has 0 aromatic heterocycles. The van der Waals surface area contributed by atoms with Crippen LogP contribution in [-0.4, -0.2) is 37.7 Å². The molecule has 23 heavy (non-hydrogen) atoms. The van der Waals surface area contributed by atoms with Crippen molar-refractivity contribution < 1.29 is 0 Å². The highest BCUT2D eigenvalue weighted by Gasteiger charge is 2.08. The van der Waals surface area contributed by atoms with Gasteiger partial charge in [-0.25, -0.2) is 0 Å². The van der Waals surface area contributed by atoms with Gasteiger partial charge >= 0.3 is 0 Å². The monoisotopic (exact) mass is 432 g/mol. The first-order chi connectivity index (χ1) is 10.4. The molecule has 0 heterocycles. The van der Waals surface area contributed by atoms with E-state index in [1.165, 1.54) is 5.56 Å². The first kappa shape index (κ1) is 22.2. The van der Waals surface area contributed by atoms with E-state index in [2.05, 4.69) is 79.0 Å². The van der Waals surface area contributed by atoms with Crippen molar-refractivity contribution in [3.8, 4) is 0 Å². The molecule has 0 radical (unpaired) electrons. The Hall–Kier alpha value is -0.820. The molecular formula is C18H33IN4. The number of benzene rings is 1. The molecule has 1 aromatic carbocycles. The summed E-state index contributed by atoms with van der Waals surface area (Å²) in [7, 11) is 1.82. The van der Waals surface area contributed by atoms with Crippen molar-refractivity contribution in [3.05, 3.63) is 35.9 Å². The quantitative estimate of drug-likeness (QED) is 0.269. The van der Waals surface area contributed by atoms with E-state index in [1.807, 2.05) is 7.05 Å². The van der Waals surface area contributed by atoms with Gasteiger partial charge in [0.25, 0.3) is 0 Å². The highest BCUT2D eigenvalue weighted by atomic mass is 127. The highest BCUT2D eigenvalue weighted by molar-refractivity contribution is 14.0. The standard InChI is InChI=1S/C18H32N4.HI/c1-15(11-12-16-9-7-6-8-10-16)22-17(19-5)20-13-14-21-18(2,3)4;/h6-10,15,21H,11-14H2,1-5H3,(H2,19,20,22);1H. The summed E-state index contributed by atoms with van der Waals surface area (Å²) < 4.78 is 0. The van der Waals surface area contributed by atoms with E-state index >= 15 is 0 Å². The Morgan fingerprint density at radius 2 is 1.78 bits per heavy atom. The van der Waals surface area contributed by atoms with E-state index in [1.54, 1.807) is 0 Å². The topological polar surface area (TPSA) is 48.5 Å². The third-order valence-electron chi connectivity index (χ3n) is 3.39. The minimum Gasteiger partial charge on any atom is -0.355 e. The second kappa shape index (κ2) is 11.7. The third kappa shape index (κ3) is 11.4. The number of nitrogens with one attached hydrogen (secondary N) is 3. The van der Waals surface area contributed by atoms with Gasteiger partial charge in [0.2, 0.25) is 0 Å². The van der Waals surface area contributed by atoms with Crippen LogP contribution < -0.4 is 16.0 Å². The lowest BCUT2D eigenvalue weighted by molar-refractivity contribution is 0.428. The summed E-state index contributed by atoms with van der Waals surface area (Å²) >= 11 is 0. The Kier molecular flexibility index (Phi) is 11.3. The van der Waals surface area contributed by atoms with Crippen LogP contribution in [0.2, 0.25) is 0 Å². The van der Waals surface area contributed by atoms with Crippen molar-refractivity contribution in [2.75, 3.05) is 20.1 Å². The first-order valence-electron chi connectivity index (χ1n) is 8.17. The van der Waals surface area contributed by atoms with Crippen molar-refractivity contribution in [2.45, 2.75) is 52.1 Å². The summed E-state index contributed by atoms with van der Waals surface area (Å²) in [6, 6.07) is 11.0. The second-order valence-corrected chi connectivity index (χ2v) is 6.75. The lowest BCUT2D eigenvalue weighted by Gasteiger charge is -2.22. The molecule has 4 nitrogen and oxygen atoms in total. The lowest BCUT2D eigenvalue weighted by atomic mass is 10.1. The molecule has 0 bridgehead atoms. The van der Waals surface area contributed by atoms with Gasteiger partial charge in [-0.15, -0.1) is 24.0 Å². The lowest BCUT2D eigenvalue weighted by Crippen LogP contribution is -2.46. The third-order valence-corrected chi connectivity index (χ3v) is 3.39. The molecule has 1 atom stereocenters. The number of aryl methyl sites for hydroxylation is 1. The van der Waals surface area contributed by atoms with Gasteiger partial charge in [0.05, 0.1) is 0 Å². The average molecular weight is 432 g/mol. The number of hydrogen-bond donors (Lipinski definition) is 3. The zero-order chi connectivity index (χ0) is 16.4. The van der Waals surface area contributed by atoms with Crippen LogP contribution >= 0.6 is 24.0 Å². The summed E-state index contributed by atoms with van der Waals surface area (Å²) in [6.07, 6.45) is 2.17. The van der Waals surface area contributed by atoms with Crippen LogP contribution in [-0.2, 0) is 6.42 Å². The molecule has 1 unspecified atom stereocenters. The molecule has 0 aliphatic heterocycles. The number of rotatable bonds is 7. The molecule has 1 rings (SSSR count). The summed E-state index contributed by atoms with van der Waals surface area (Å²) in [5, 5.41) is 10.2. The molecule has 3 N–H and O–H groups in total. The molecule has 0 fully saturated rings. The van der Waals surface area contributed by atoms with E-state index in [-0.39, 0.29) is 29.5 Å². The van der Waals surface area contributed by atoms with Gasteiger partial charge in [-0.2, -0.15) is 0 Å². The predicted molar refractivity (Wildman–Crippen MR) is 112 cm³/mol. The normalized spacial score (nSPS) is 13.2. The van der Waals surface area contributed by atoms with Crippen LogP contribution in [0.5, 0.6) is 0 Å². The summed E-state index contributed by atoms with van der Waals surface area (Å²) in [6.45, 7) is 10.5. The van der Waals surface area contributed by atoms with E-state index in [0.29, 0.717) is 6.04 Å². The smallest absolute Gasteiger partial charge is 0.191 e. The maximum atomic E-state index is 4.28. The molecular weight excluding hydrogens is 399 g/mol. The SMILES string of the molecule is CN=C(NCCNC(C)(C)C)NC(C)CCc1ccccc1.I. The maximum Gasteiger partial charge on any atom is 0.191 e. The van der Waals surface area contributed by atoms with Gasteiger partial charge in [0.1, 0.15) is 0 Å². The van der Waals surface area contributed by atoms with Crippen LogP contribution in [0.3, 0.4) is 0 Å². The largest absolute Gasteiger partial charge is 0.355 e. The Bertz CT molecular complexity index is 440. The second-order valence-electron chi connectivity index (χ2n) is 6.75. The number of hydrogen-bond acceptors (Lipinski definition) is 2. The minimum absolute atomic E-state index is 0. The van der Waals surface area contributed by atoms with Crippen LogP contribution in [0.15, 0.2) is 35.3 Å². The van der Waals surface area contributed by atoms with Gasteiger partial charge in [0, 0.05) is 31.7 Å².